The number of hydrogen-bond acceptors (Lipinski definition) is 3. The van der Waals surface area contributed by atoms with Gasteiger partial charge in [0, 0.05) is 12.0 Å². The van der Waals surface area contributed by atoms with Crippen molar-refractivity contribution >= 4 is 11.6 Å². The van der Waals surface area contributed by atoms with Gasteiger partial charge in [-0.25, -0.2) is 0 Å². The van der Waals surface area contributed by atoms with Crippen molar-refractivity contribution in [1.29, 1.82) is 0 Å². The first-order chi connectivity index (χ1) is 12.2. The zero-order chi connectivity index (χ0) is 17.5. The second-order valence-corrected chi connectivity index (χ2v) is 6.04. The molecule has 0 radical (unpaired) electrons. The van der Waals surface area contributed by atoms with Gasteiger partial charge in [-0.2, -0.15) is 0 Å². The first kappa shape index (κ1) is 16.9. The molecule has 2 aromatic carbocycles. The van der Waals surface area contributed by atoms with Crippen molar-refractivity contribution in [1.82, 2.24) is 0 Å². The summed E-state index contributed by atoms with van der Waals surface area (Å²) in [5.74, 6) is 1.37. The molecule has 0 aliphatic rings. The molecule has 3 nitrogen and oxygen atoms in total. The number of aryl methyl sites for hydroxylation is 1. The van der Waals surface area contributed by atoms with E-state index >= 15 is 0 Å². The van der Waals surface area contributed by atoms with Crippen molar-refractivity contribution in [2.24, 2.45) is 0 Å². The highest BCUT2D eigenvalue weighted by Gasteiger charge is 2.12. The predicted molar refractivity (Wildman–Crippen MR) is 96.7 cm³/mol. The van der Waals surface area contributed by atoms with Gasteiger partial charge in [-0.1, -0.05) is 60.7 Å². The van der Waals surface area contributed by atoms with Crippen LogP contribution in [-0.4, -0.2) is 11.6 Å². The molecule has 0 aliphatic heterocycles. The summed E-state index contributed by atoms with van der Waals surface area (Å²) in [6.45, 7) is 0. The Bertz CT molecular complexity index is 832. The van der Waals surface area contributed by atoms with Crippen LogP contribution in [0.2, 0.25) is 0 Å². The lowest BCUT2D eigenvalue weighted by Gasteiger charge is -2.01. The molecule has 0 atom stereocenters. The Morgan fingerprint density at radius 2 is 1.32 bits per heavy atom. The molecule has 0 bridgehead atoms. The molecule has 3 rings (SSSR count). The van der Waals surface area contributed by atoms with Crippen molar-refractivity contribution in [3.05, 3.63) is 95.4 Å². The van der Waals surface area contributed by atoms with Gasteiger partial charge < -0.3 is 4.42 Å². The van der Waals surface area contributed by atoms with Gasteiger partial charge in [-0.15, -0.1) is 0 Å². The number of hydrogen-bond donors (Lipinski definition) is 0. The normalized spacial score (nSPS) is 10.6. The monoisotopic (exact) mass is 332 g/mol. The maximum Gasteiger partial charge on any atom is 0.170 e. The van der Waals surface area contributed by atoms with E-state index in [4.69, 9.17) is 4.42 Å². The third-order valence-electron chi connectivity index (χ3n) is 4.05. The molecule has 126 valence electrons. The fourth-order valence-corrected chi connectivity index (χ4v) is 2.71. The lowest BCUT2D eigenvalue weighted by atomic mass is 10.1. The van der Waals surface area contributed by atoms with Gasteiger partial charge in [-0.3, -0.25) is 9.59 Å². The van der Waals surface area contributed by atoms with Crippen molar-refractivity contribution < 1.29 is 14.0 Å². The first-order valence-corrected chi connectivity index (χ1v) is 8.42. The molecule has 0 unspecified atom stereocenters. The highest BCUT2D eigenvalue weighted by molar-refractivity contribution is 5.97. The maximum atomic E-state index is 12.2. The van der Waals surface area contributed by atoms with Crippen molar-refractivity contribution in [2.75, 3.05) is 0 Å². The fraction of sp³-hybridized carbons (Fsp3) is 0.182. The third-order valence-corrected chi connectivity index (χ3v) is 4.05. The number of carbonyl (C=O) groups excluding carboxylic acids is 2. The van der Waals surface area contributed by atoms with E-state index in [1.807, 2.05) is 48.5 Å². The lowest BCUT2D eigenvalue weighted by molar-refractivity contribution is -0.118. The average Bonchev–Trinajstić information content (AvgIpc) is 3.08. The summed E-state index contributed by atoms with van der Waals surface area (Å²) in [6, 6.07) is 22.7. The largest absolute Gasteiger partial charge is 0.465 e. The van der Waals surface area contributed by atoms with E-state index in [0.717, 1.165) is 12.0 Å². The highest BCUT2D eigenvalue weighted by atomic mass is 16.3. The fourth-order valence-electron chi connectivity index (χ4n) is 2.71. The third kappa shape index (κ3) is 5.01. The summed E-state index contributed by atoms with van der Waals surface area (Å²) in [4.78, 5) is 24.3. The molecular weight excluding hydrogens is 312 g/mol. The molecule has 0 amide bonds. The number of ketones is 2. The summed E-state index contributed by atoms with van der Waals surface area (Å²) in [7, 11) is 0. The standard InChI is InChI=1S/C22H20O3/c23-19(12-11-17-7-3-1-4-8-17)15-20-13-14-21(25-20)16-22(24)18-9-5-2-6-10-18/h1-10,13-14H,11-12,15-16H2. The summed E-state index contributed by atoms with van der Waals surface area (Å²) in [5.41, 5.74) is 1.82. The number of rotatable bonds is 8. The number of furan rings is 1. The van der Waals surface area contributed by atoms with Gasteiger partial charge in [0.15, 0.2) is 5.78 Å². The molecule has 25 heavy (non-hydrogen) atoms. The van der Waals surface area contributed by atoms with E-state index in [2.05, 4.69) is 0 Å². The molecular formula is C22H20O3. The average molecular weight is 332 g/mol. The van der Waals surface area contributed by atoms with Crippen LogP contribution in [0.4, 0.5) is 0 Å². The minimum atomic E-state index is 0.0110. The number of carbonyl (C=O) groups is 2. The van der Waals surface area contributed by atoms with Gasteiger partial charge in [0.2, 0.25) is 0 Å². The van der Waals surface area contributed by atoms with Gasteiger partial charge in [-0.05, 0) is 24.1 Å². The summed E-state index contributed by atoms with van der Waals surface area (Å²) in [5, 5.41) is 0. The summed E-state index contributed by atoms with van der Waals surface area (Å²) in [6.07, 6.45) is 1.71. The predicted octanol–water partition coefficient (Wildman–Crippen LogP) is 4.45. The van der Waals surface area contributed by atoms with Gasteiger partial charge in [0.25, 0.3) is 0 Å². The molecule has 0 saturated carbocycles. The lowest BCUT2D eigenvalue weighted by Crippen LogP contribution is -2.04. The van der Waals surface area contributed by atoms with Crippen LogP contribution in [0.25, 0.3) is 0 Å². The van der Waals surface area contributed by atoms with E-state index in [9.17, 15) is 9.59 Å². The number of benzene rings is 2. The molecule has 3 heteroatoms. The van der Waals surface area contributed by atoms with Gasteiger partial charge >= 0.3 is 0 Å². The van der Waals surface area contributed by atoms with Gasteiger partial charge in [0.1, 0.15) is 17.3 Å². The number of Topliss-reactive ketones (excluding diaryl/α,β-unsaturated/α-hetero) is 2. The molecule has 3 aromatic rings. The molecule has 0 N–H and O–H groups in total. The van der Waals surface area contributed by atoms with Crippen LogP contribution in [-0.2, 0) is 24.1 Å². The molecule has 0 fully saturated rings. The molecule has 1 heterocycles. The second kappa shape index (κ2) is 8.25. The van der Waals surface area contributed by atoms with Crippen LogP contribution in [0.3, 0.4) is 0 Å². The molecule has 1 aromatic heterocycles. The van der Waals surface area contributed by atoms with E-state index in [-0.39, 0.29) is 24.4 Å². The Balaban J connectivity index is 1.51. The van der Waals surface area contributed by atoms with Crippen molar-refractivity contribution in [3.8, 4) is 0 Å². The van der Waals surface area contributed by atoms with E-state index in [0.29, 0.717) is 23.5 Å². The van der Waals surface area contributed by atoms with Crippen molar-refractivity contribution in [2.45, 2.75) is 25.7 Å². The molecule has 0 spiro atoms. The zero-order valence-electron chi connectivity index (χ0n) is 14.0. The second-order valence-electron chi connectivity index (χ2n) is 6.04. The quantitative estimate of drug-likeness (QED) is 0.573. The Kier molecular flexibility index (Phi) is 5.57. The maximum absolute atomic E-state index is 12.2. The molecule has 0 saturated heterocycles. The van der Waals surface area contributed by atoms with E-state index in [1.165, 1.54) is 0 Å². The van der Waals surface area contributed by atoms with Crippen LogP contribution < -0.4 is 0 Å². The van der Waals surface area contributed by atoms with Crippen LogP contribution in [0.1, 0.15) is 33.9 Å². The van der Waals surface area contributed by atoms with Crippen LogP contribution in [0.5, 0.6) is 0 Å². The topological polar surface area (TPSA) is 47.3 Å². The van der Waals surface area contributed by atoms with E-state index in [1.54, 1.807) is 24.3 Å². The molecule has 0 aliphatic carbocycles. The summed E-state index contributed by atoms with van der Waals surface area (Å²) < 4.78 is 5.66. The Labute approximate surface area is 147 Å². The minimum Gasteiger partial charge on any atom is -0.465 e. The minimum absolute atomic E-state index is 0.0110. The van der Waals surface area contributed by atoms with Gasteiger partial charge in [0.05, 0.1) is 12.8 Å². The van der Waals surface area contributed by atoms with Crippen LogP contribution >= 0.6 is 0 Å². The summed E-state index contributed by atoms with van der Waals surface area (Å²) >= 11 is 0. The van der Waals surface area contributed by atoms with E-state index < -0.39 is 0 Å². The Morgan fingerprint density at radius 1 is 0.720 bits per heavy atom. The zero-order valence-corrected chi connectivity index (χ0v) is 14.0. The highest BCUT2D eigenvalue weighted by Crippen LogP contribution is 2.14. The van der Waals surface area contributed by atoms with Crippen molar-refractivity contribution in [3.63, 3.8) is 0 Å². The van der Waals surface area contributed by atoms with Crippen LogP contribution in [0, 0.1) is 0 Å². The smallest absolute Gasteiger partial charge is 0.170 e. The first-order valence-electron chi connectivity index (χ1n) is 8.42. The Hall–Kier alpha value is -2.94. The Morgan fingerprint density at radius 3 is 2.00 bits per heavy atom. The van der Waals surface area contributed by atoms with Crippen LogP contribution in [0.15, 0.2) is 77.2 Å². The SMILES string of the molecule is O=C(CCc1ccccc1)Cc1ccc(CC(=O)c2ccccc2)o1.